The number of alkyl halides is 3. The van der Waals surface area contributed by atoms with Crippen molar-refractivity contribution in [3.8, 4) is 11.1 Å². The van der Waals surface area contributed by atoms with Gasteiger partial charge in [-0.2, -0.15) is 13.2 Å². The van der Waals surface area contributed by atoms with Crippen molar-refractivity contribution in [3.63, 3.8) is 0 Å². The van der Waals surface area contributed by atoms with E-state index in [1.165, 1.54) is 30.9 Å². The minimum Gasteiger partial charge on any atom is -0.310 e. The number of anilines is 2. The van der Waals surface area contributed by atoms with Crippen LogP contribution in [0.2, 0.25) is 0 Å². The summed E-state index contributed by atoms with van der Waals surface area (Å²) in [4.78, 5) is 28.7. The smallest absolute Gasteiger partial charge is 0.310 e. The van der Waals surface area contributed by atoms with Crippen LogP contribution in [0.5, 0.6) is 0 Å². The molecular formula is C22H21F3N6O3S. The molecule has 2 N–H and O–H groups in total. The molecule has 1 atom stereocenters. The summed E-state index contributed by atoms with van der Waals surface area (Å²) >= 11 is 0. The molecule has 1 unspecified atom stereocenters. The number of aromatic nitrogens is 4. The van der Waals surface area contributed by atoms with Gasteiger partial charge in [-0.3, -0.25) is 14.5 Å². The van der Waals surface area contributed by atoms with E-state index in [9.17, 15) is 26.4 Å². The quantitative estimate of drug-likeness (QED) is 0.473. The Morgan fingerprint density at radius 1 is 1.14 bits per heavy atom. The Hall–Kier alpha value is -3.61. The van der Waals surface area contributed by atoms with Crippen molar-refractivity contribution >= 4 is 27.7 Å². The number of amides is 1. The summed E-state index contributed by atoms with van der Waals surface area (Å²) in [5.74, 6) is -2.58. The van der Waals surface area contributed by atoms with E-state index in [0.717, 1.165) is 6.07 Å². The fraction of sp³-hybridized carbons (Fsp3) is 0.318. The summed E-state index contributed by atoms with van der Waals surface area (Å²) in [6.07, 6.45) is 1.91. The van der Waals surface area contributed by atoms with Crippen molar-refractivity contribution in [2.75, 3.05) is 10.0 Å². The molecule has 1 aliphatic rings. The van der Waals surface area contributed by atoms with Crippen molar-refractivity contribution in [3.05, 3.63) is 60.3 Å². The lowest BCUT2D eigenvalue weighted by molar-refractivity contribution is -0.137. The minimum atomic E-state index is -4.78. The maximum absolute atomic E-state index is 13.8. The van der Waals surface area contributed by atoms with Gasteiger partial charge in [0.1, 0.15) is 5.82 Å². The first-order valence-corrected chi connectivity index (χ1v) is 12.3. The van der Waals surface area contributed by atoms with Crippen LogP contribution < -0.4 is 10.0 Å². The number of nitrogens with one attached hydrogen (secondary N) is 2. The van der Waals surface area contributed by atoms with E-state index in [1.54, 1.807) is 19.1 Å². The molecule has 1 saturated carbocycles. The van der Waals surface area contributed by atoms with Crippen molar-refractivity contribution < 1.29 is 26.4 Å². The lowest BCUT2D eigenvalue weighted by Gasteiger charge is -2.18. The number of carbonyl (C=O) groups is 1. The number of sulfonamides is 1. The molecule has 0 aliphatic heterocycles. The second-order valence-corrected chi connectivity index (χ2v) is 9.92. The van der Waals surface area contributed by atoms with Gasteiger partial charge in [-0.15, -0.1) is 0 Å². The molecular weight excluding hydrogens is 485 g/mol. The monoisotopic (exact) mass is 506 g/mol. The van der Waals surface area contributed by atoms with E-state index in [0.29, 0.717) is 18.4 Å². The highest BCUT2D eigenvalue weighted by atomic mass is 32.2. The summed E-state index contributed by atoms with van der Waals surface area (Å²) in [7, 11) is -3.62. The zero-order valence-corrected chi connectivity index (χ0v) is 19.3. The van der Waals surface area contributed by atoms with Crippen LogP contribution in [-0.2, 0) is 21.0 Å². The lowest BCUT2D eigenvalue weighted by Crippen LogP contribution is -2.25. The van der Waals surface area contributed by atoms with Gasteiger partial charge in [0, 0.05) is 35.9 Å². The fourth-order valence-corrected chi connectivity index (χ4v) is 4.69. The van der Waals surface area contributed by atoms with Crippen LogP contribution in [0.15, 0.2) is 49.1 Å². The standard InChI is InChI=1S/C22H21F3N6O3S/c1-2-16(18-7-9-27-21(29-18)31-35(33,34)15-5-6-15)20(32)30-19-17(22(23,24)25)10-14(12-28-19)13-4-3-8-26-11-13/h3-4,7-12,15-16H,2,5-6H2,1H3,(H,27,29,31)(H,28,30,32). The molecule has 35 heavy (non-hydrogen) atoms. The van der Waals surface area contributed by atoms with Crippen LogP contribution in [0.4, 0.5) is 24.9 Å². The second kappa shape index (κ2) is 9.56. The number of carbonyl (C=O) groups excluding carboxylic acids is 1. The highest BCUT2D eigenvalue weighted by molar-refractivity contribution is 7.93. The second-order valence-electron chi connectivity index (χ2n) is 7.96. The molecule has 3 heterocycles. The van der Waals surface area contributed by atoms with Gasteiger partial charge in [-0.25, -0.2) is 23.4 Å². The van der Waals surface area contributed by atoms with Crippen LogP contribution in [0.1, 0.15) is 43.4 Å². The maximum atomic E-state index is 13.8. The fourth-order valence-electron chi connectivity index (χ4n) is 3.41. The first kappa shape index (κ1) is 24.5. The van der Waals surface area contributed by atoms with Gasteiger partial charge in [-0.1, -0.05) is 13.0 Å². The number of rotatable bonds is 8. The van der Waals surface area contributed by atoms with Crippen LogP contribution in [0.3, 0.4) is 0 Å². The molecule has 1 aliphatic carbocycles. The van der Waals surface area contributed by atoms with Crippen LogP contribution in [-0.4, -0.2) is 39.5 Å². The Kier molecular flexibility index (Phi) is 6.70. The van der Waals surface area contributed by atoms with Gasteiger partial charge < -0.3 is 5.32 Å². The van der Waals surface area contributed by atoms with Crippen LogP contribution in [0, 0.1) is 0 Å². The van der Waals surface area contributed by atoms with Gasteiger partial charge in [0.2, 0.25) is 21.9 Å². The van der Waals surface area contributed by atoms with Gasteiger partial charge in [0.25, 0.3) is 0 Å². The molecule has 0 bridgehead atoms. The Morgan fingerprint density at radius 2 is 1.91 bits per heavy atom. The molecule has 0 saturated heterocycles. The number of hydrogen-bond acceptors (Lipinski definition) is 7. The first-order chi connectivity index (χ1) is 16.6. The van der Waals surface area contributed by atoms with Crippen molar-refractivity contribution in [2.45, 2.75) is 43.5 Å². The summed E-state index contributed by atoms with van der Waals surface area (Å²) in [5.41, 5.74) is -0.313. The Morgan fingerprint density at radius 3 is 2.54 bits per heavy atom. The van der Waals surface area contributed by atoms with Gasteiger partial charge in [-0.05, 0) is 37.5 Å². The molecule has 1 fully saturated rings. The predicted octanol–water partition coefficient (Wildman–Crippen LogP) is 3.99. The molecule has 9 nitrogen and oxygen atoms in total. The average molecular weight is 507 g/mol. The Bertz CT molecular complexity index is 1330. The average Bonchev–Trinajstić information content (AvgIpc) is 3.66. The third kappa shape index (κ3) is 5.73. The minimum absolute atomic E-state index is 0.161. The van der Waals surface area contributed by atoms with E-state index in [2.05, 4.69) is 30.0 Å². The molecule has 13 heteroatoms. The van der Waals surface area contributed by atoms with Crippen molar-refractivity contribution in [2.24, 2.45) is 0 Å². The summed E-state index contributed by atoms with van der Waals surface area (Å²) in [6, 6.07) is 5.49. The van der Waals surface area contributed by atoms with Crippen molar-refractivity contribution in [1.29, 1.82) is 0 Å². The zero-order valence-electron chi connectivity index (χ0n) is 18.5. The molecule has 0 aromatic carbocycles. The molecule has 3 aromatic rings. The lowest BCUT2D eigenvalue weighted by atomic mass is 10.0. The molecule has 4 rings (SSSR count). The number of nitrogens with zero attached hydrogens (tertiary/aromatic N) is 4. The summed E-state index contributed by atoms with van der Waals surface area (Å²) in [5, 5.41) is 1.76. The summed E-state index contributed by atoms with van der Waals surface area (Å²) in [6.45, 7) is 1.66. The normalized spacial score (nSPS) is 14.9. The van der Waals surface area contributed by atoms with E-state index < -0.39 is 44.7 Å². The SMILES string of the molecule is CCC(C(=O)Nc1ncc(-c2cccnc2)cc1C(F)(F)F)c1ccnc(NS(=O)(=O)C2CC2)n1. The Balaban J connectivity index is 1.59. The van der Waals surface area contributed by atoms with E-state index in [4.69, 9.17) is 0 Å². The van der Waals surface area contributed by atoms with Gasteiger partial charge >= 0.3 is 6.18 Å². The molecule has 1 amide bonds. The highest BCUT2D eigenvalue weighted by Gasteiger charge is 2.37. The summed E-state index contributed by atoms with van der Waals surface area (Å²) < 4.78 is 68.0. The maximum Gasteiger partial charge on any atom is 0.419 e. The van der Waals surface area contributed by atoms with E-state index >= 15 is 0 Å². The Labute approximate surface area is 199 Å². The highest BCUT2D eigenvalue weighted by Crippen LogP contribution is 2.37. The topological polar surface area (TPSA) is 127 Å². The van der Waals surface area contributed by atoms with E-state index in [-0.39, 0.29) is 23.6 Å². The molecule has 184 valence electrons. The zero-order chi connectivity index (χ0) is 25.2. The van der Waals surface area contributed by atoms with E-state index in [1.807, 2.05) is 0 Å². The molecule has 3 aromatic heterocycles. The first-order valence-electron chi connectivity index (χ1n) is 10.7. The molecule has 0 spiro atoms. The largest absolute Gasteiger partial charge is 0.419 e. The number of hydrogen-bond donors (Lipinski definition) is 2. The van der Waals surface area contributed by atoms with Gasteiger partial charge in [0.05, 0.1) is 22.4 Å². The third-order valence-electron chi connectivity index (χ3n) is 5.39. The number of halogens is 3. The molecule has 0 radical (unpaired) electrons. The number of pyridine rings is 2. The van der Waals surface area contributed by atoms with Gasteiger partial charge in [0.15, 0.2) is 0 Å². The van der Waals surface area contributed by atoms with Crippen molar-refractivity contribution in [1.82, 2.24) is 19.9 Å². The van der Waals surface area contributed by atoms with Crippen LogP contribution in [0.25, 0.3) is 11.1 Å². The third-order valence-corrected chi connectivity index (χ3v) is 7.20. The predicted molar refractivity (Wildman–Crippen MR) is 122 cm³/mol. The van der Waals surface area contributed by atoms with Crippen LogP contribution >= 0.6 is 0 Å².